The lowest BCUT2D eigenvalue weighted by atomic mass is 10.1. The summed E-state index contributed by atoms with van der Waals surface area (Å²) in [4.78, 5) is 0.606. The Morgan fingerprint density at radius 3 is 2.70 bits per heavy atom. The molecule has 1 aromatic carbocycles. The highest BCUT2D eigenvalue weighted by atomic mass is 32.2. The van der Waals surface area contributed by atoms with Crippen molar-refractivity contribution in [3.05, 3.63) is 29.3 Å². The summed E-state index contributed by atoms with van der Waals surface area (Å²) in [7, 11) is -1.80. The molecule has 0 bridgehead atoms. The normalized spacial score (nSPS) is 19.4. The summed E-state index contributed by atoms with van der Waals surface area (Å²) in [6, 6.07) is 5.07. The SMILES string of the molecule is Cc1cc(C(N)=S)ccc1S(=O)(=O)N(C)C1CCSC1. The van der Waals surface area contributed by atoms with Crippen molar-refractivity contribution in [3.8, 4) is 0 Å². The molecule has 110 valence electrons. The average Bonchev–Trinajstić information content (AvgIpc) is 2.90. The molecule has 0 aliphatic carbocycles. The van der Waals surface area contributed by atoms with E-state index in [1.807, 2.05) is 0 Å². The van der Waals surface area contributed by atoms with Gasteiger partial charge >= 0.3 is 0 Å². The van der Waals surface area contributed by atoms with Gasteiger partial charge in [0, 0.05) is 24.4 Å². The van der Waals surface area contributed by atoms with E-state index in [9.17, 15) is 8.42 Å². The molecular formula is C13H18N2O2S3. The zero-order valence-corrected chi connectivity index (χ0v) is 13.9. The summed E-state index contributed by atoms with van der Waals surface area (Å²) in [5, 5.41) is 0. The number of aryl methyl sites for hydroxylation is 1. The quantitative estimate of drug-likeness (QED) is 0.852. The van der Waals surface area contributed by atoms with Crippen LogP contribution in [0.15, 0.2) is 23.1 Å². The van der Waals surface area contributed by atoms with E-state index in [1.165, 1.54) is 4.31 Å². The molecule has 1 fully saturated rings. The maximum Gasteiger partial charge on any atom is 0.243 e. The Bertz CT molecular complexity index is 623. The monoisotopic (exact) mass is 330 g/mol. The van der Waals surface area contributed by atoms with Gasteiger partial charge in [0.05, 0.1) is 4.90 Å². The minimum absolute atomic E-state index is 0.0830. The summed E-state index contributed by atoms with van der Waals surface area (Å²) in [5.41, 5.74) is 6.93. The fourth-order valence-corrected chi connectivity index (χ4v) is 5.33. The highest BCUT2D eigenvalue weighted by Gasteiger charge is 2.31. The number of nitrogens with two attached hydrogens (primary N) is 1. The van der Waals surface area contributed by atoms with Crippen LogP contribution in [0.4, 0.5) is 0 Å². The number of hydrogen-bond donors (Lipinski definition) is 1. The van der Waals surface area contributed by atoms with Gasteiger partial charge in [-0.3, -0.25) is 0 Å². The van der Waals surface area contributed by atoms with Gasteiger partial charge in [0.25, 0.3) is 0 Å². The summed E-state index contributed by atoms with van der Waals surface area (Å²) >= 11 is 6.71. The minimum Gasteiger partial charge on any atom is -0.389 e. The van der Waals surface area contributed by atoms with E-state index >= 15 is 0 Å². The number of sulfonamides is 1. The molecule has 20 heavy (non-hydrogen) atoms. The number of rotatable bonds is 4. The topological polar surface area (TPSA) is 63.4 Å². The van der Waals surface area contributed by atoms with Gasteiger partial charge in [-0.15, -0.1) is 0 Å². The van der Waals surface area contributed by atoms with Crippen LogP contribution < -0.4 is 5.73 Å². The highest BCUT2D eigenvalue weighted by Crippen LogP contribution is 2.27. The molecule has 0 radical (unpaired) electrons. The molecule has 0 aromatic heterocycles. The van der Waals surface area contributed by atoms with Crippen LogP contribution in [0.25, 0.3) is 0 Å². The second-order valence-electron chi connectivity index (χ2n) is 4.88. The van der Waals surface area contributed by atoms with Crippen LogP contribution in [0.5, 0.6) is 0 Å². The van der Waals surface area contributed by atoms with Gasteiger partial charge in [-0.05, 0) is 36.8 Å². The van der Waals surface area contributed by atoms with Crippen molar-refractivity contribution in [2.45, 2.75) is 24.3 Å². The van der Waals surface area contributed by atoms with E-state index in [2.05, 4.69) is 0 Å². The highest BCUT2D eigenvalue weighted by molar-refractivity contribution is 7.99. The summed E-state index contributed by atoms with van der Waals surface area (Å²) in [5.74, 6) is 1.88. The second-order valence-corrected chi connectivity index (χ2v) is 8.44. The van der Waals surface area contributed by atoms with Crippen LogP contribution in [0.2, 0.25) is 0 Å². The largest absolute Gasteiger partial charge is 0.389 e. The fraction of sp³-hybridized carbons (Fsp3) is 0.462. The molecule has 4 nitrogen and oxygen atoms in total. The van der Waals surface area contributed by atoms with Crippen molar-refractivity contribution in [1.82, 2.24) is 4.31 Å². The van der Waals surface area contributed by atoms with Crippen LogP contribution in [-0.4, -0.2) is 42.3 Å². The number of nitrogens with zero attached hydrogens (tertiary/aromatic N) is 1. The van der Waals surface area contributed by atoms with Crippen molar-refractivity contribution >= 4 is 39.0 Å². The molecule has 1 saturated heterocycles. The summed E-state index contributed by atoms with van der Waals surface area (Å²) < 4.78 is 26.8. The lowest BCUT2D eigenvalue weighted by Crippen LogP contribution is -2.37. The third kappa shape index (κ3) is 3.00. The van der Waals surface area contributed by atoms with Gasteiger partial charge in [0.1, 0.15) is 4.99 Å². The van der Waals surface area contributed by atoms with Crippen LogP contribution in [0.1, 0.15) is 17.5 Å². The lowest BCUT2D eigenvalue weighted by molar-refractivity contribution is 0.394. The van der Waals surface area contributed by atoms with Crippen LogP contribution in [0.3, 0.4) is 0 Å². The minimum atomic E-state index is -3.46. The lowest BCUT2D eigenvalue weighted by Gasteiger charge is -2.24. The second kappa shape index (κ2) is 6.01. The van der Waals surface area contributed by atoms with Crippen molar-refractivity contribution in [2.24, 2.45) is 5.73 Å². The molecule has 0 spiro atoms. The molecular weight excluding hydrogens is 312 g/mol. The fourth-order valence-electron chi connectivity index (χ4n) is 2.25. The molecule has 0 amide bonds. The van der Waals surface area contributed by atoms with E-state index in [0.717, 1.165) is 17.9 Å². The maximum atomic E-state index is 12.7. The summed E-state index contributed by atoms with van der Waals surface area (Å²) in [6.45, 7) is 1.77. The smallest absolute Gasteiger partial charge is 0.243 e. The first-order valence-corrected chi connectivity index (χ1v) is 9.30. The van der Waals surface area contributed by atoms with Gasteiger partial charge in [0.15, 0.2) is 0 Å². The first-order valence-electron chi connectivity index (χ1n) is 6.30. The van der Waals surface area contributed by atoms with E-state index < -0.39 is 10.0 Å². The predicted octanol–water partition coefficient (Wildman–Crippen LogP) is 1.76. The Labute approximate surface area is 129 Å². The molecule has 0 saturated carbocycles. The third-order valence-corrected chi connectivity index (χ3v) is 6.99. The van der Waals surface area contributed by atoms with E-state index in [-0.39, 0.29) is 11.0 Å². The third-order valence-electron chi connectivity index (χ3n) is 3.54. The van der Waals surface area contributed by atoms with Crippen molar-refractivity contribution in [1.29, 1.82) is 0 Å². The molecule has 1 unspecified atom stereocenters. The van der Waals surface area contributed by atoms with Crippen LogP contribution >= 0.6 is 24.0 Å². The van der Waals surface area contributed by atoms with E-state index in [0.29, 0.717) is 16.0 Å². The Hall–Kier alpha value is -0.630. The first kappa shape index (κ1) is 15.8. The van der Waals surface area contributed by atoms with Gasteiger partial charge in [-0.25, -0.2) is 8.42 Å². The number of thioether (sulfide) groups is 1. The number of thiocarbonyl (C=S) groups is 1. The molecule has 2 N–H and O–H groups in total. The van der Waals surface area contributed by atoms with Crippen molar-refractivity contribution in [3.63, 3.8) is 0 Å². The molecule has 1 heterocycles. The predicted molar refractivity (Wildman–Crippen MR) is 87.7 cm³/mol. The standard InChI is InChI=1S/C13H18N2O2S3/c1-9-7-10(13(14)18)3-4-12(9)20(16,17)15(2)11-5-6-19-8-11/h3-4,7,11H,5-6,8H2,1-2H3,(H2,14,18). The zero-order chi connectivity index (χ0) is 14.9. The Balaban J connectivity index is 2.36. The summed E-state index contributed by atoms with van der Waals surface area (Å²) in [6.07, 6.45) is 0.907. The Morgan fingerprint density at radius 1 is 1.50 bits per heavy atom. The van der Waals surface area contributed by atoms with Gasteiger partial charge < -0.3 is 5.73 Å². The number of benzene rings is 1. The molecule has 1 aromatic rings. The van der Waals surface area contributed by atoms with E-state index in [1.54, 1.807) is 43.9 Å². The molecule has 7 heteroatoms. The van der Waals surface area contributed by atoms with Crippen molar-refractivity contribution < 1.29 is 8.42 Å². The van der Waals surface area contributed by atoms with Gasteiger partial charge in [0.2, 0.25) is 10.0 Å². The molecule has 2 rings (SSSR count). The zero-order valence-electron chi connectivity index (χ0n) is 11.5. The Kier molecular flexibility index (Phi) is 4.73. The van der Waals surface area contributed by atoms with E-state index in [4.69, 9.17) is 18.0 Å². The molecule has 1 aliphatic rings. The average molecular weight is 331 g/mol. The molecule has 1 atom stereocenters. The van der Waals surface area contributed by atoms with Gasteiger partial charge in [-0.1, -0.05) is 18.3 Å². The molecule has 1 aliphatic heterocycles. The number of hydrogen-bond acceptors (Lipinski definition) is 4. The van der Waals surface area contributed by atoms with Crippen molar-refractivity contribution in [2.75, 3.05) is 18.6 Å². The van der Waals surface area contributed by atoms with Crippen LogP contribution in [0, 0.1) is 6.92 Å². The maximum absolute atomic E-state index is 12.7. The van der Waals surface area contributed by atoms with Gasteiger partial charge in [-0.2, -0.15) is 16.1 Å². The Morgan fingerprint density at radius 2 is 2.20 bits per heavy atom. The van der Waals surface area contributed by atoms with Crippen LogP contribution in [-0.2, 0) is 10.0 Å². The first-order chi connectivity index (χ1) is 9.34.